The highest BCUT2D eigenvalue weighted by atomic mass is 32.1. The molecule has 1 N–H and O–H groups in total. The van der Waals surface area contributed by atoms with Gasteiger partial charge >= 0.3 is 4.87 Å². The van der Waals surface area contributed by atoms with E-state index in [9.17, 15) is 9.90 Å². The Balaban J connectivity index is 1.97. The quantitative estimate of drug-likeness (QED) is 0.845. The van der Waals surface area contributed by atoms with Crippen molar-refractivity contribution in [1.29, 1.82) is 0 Å². The molecule has 0 aliphatic rings. The first-order chi connectivity index (χ1) is 9.70. The smallest absolute Gasteiger partial charge is 0.307 e. The zero-order valence-corrected chi connectivity index (χ0v) is 12.5. The van der Waals surface area contributed by atoms with Gasteiger partial charge in [-0.1, -0.05) is 41.7 Å². The number of aromatic nitrogens is 1. The van der Waals surface area contributed by atoms with Gasteiger partial charge in [-0.25, -0.2) is 0 Å². The van der Waals surface area contributed by atoms with Gasteiger partial charge in [0.25, 0.3) is 0 Å². The SMILES string of the molecule is Cc1csc(=O)n1CCN(CCO)Cc1ccccc1. The van der Waals surface area contributed by atoms with Crippen LogP contribution in [0.15, 0.2) is 40.5 Å². The molecule has 2 rings (SSSR count). The minimum atomic E-state index is 0.0890. The Hall–Kier alpha value is -1.43. The molecule has 0 radical (unpaired) electrons. The Bertz CT molecular complexity index is 577. The largest absolute Gasteiger partial charge is 0.395 e. The number of aryl methyl sites for hydroxylation is 1. The molecule has 0 saturated carbocycles. The number of aliphatic hydroxyl groups is 1. The van der Waals surface area contributed by atoms with Crippen LogP contribution in [0.4, 0.5) is 0 Å². The lowest BCUT2D eigenvalue weighted by atomic mass is 10.2. The van der Waals surface area contributed by atoms with Crippen LogP contribution in [0.2, 0.25) is 0 Å². The molecule has 0 fully saturated rings. The third-order valence-corrected chi connectivity index (χ3v) is 4.16. The van der Waals surface area contributed by atoms with E-state index in [1.807, 2.05) is 30.5 Å². The maximum atomic E-state index is 11.7. The summed E-state index contributed by atoms with van der Waals surface area (Å²) in [7, 11) is 0. The number of benzene rings is 1. The Kier molecular flexibility index (Phi) is 5.52. The van der Waals surface area contributed by atoms with Gasteiger partial charge in [-0.05, 0) is 12.5 Å². The summed E-state index contributed by atoms with van der Waals surface area (Å²) in [6, 6.07) is 10.2. The lowest BCUT2D eigenvalue weighted by Gasteiger charge is -2.21. The van der Waals surface area contributed by atoms with Gasteiger partial charge in [-0.3, -0.25) is 9.69 Å². The van der Waals surface area contributed by atoms with E-state index in [0.29, 0.717) is 13.1 Å². The molecule has 1 heterocycles. The lowest BCUT2D eigenvalue weighted by molar-refractivity contribution is 0.185. The summed E-state index contributed by atoms with van der Waals surface area (Å²) in [6.07, 6.45) is 0. The number of hydrogen-bond donors (Lipinski definition) is 1. The summed E-state index contributed by atoms with van der Waals surface area (Å²) >= 11 is 1.24. The van der Waals surface area contributed by atoms with Gasteiger partial charge in [0, 0.05) is 37.3 Å². The monoisotopic (exact) mass is 292 g/mol. The topological polar surface area (TPSA) is 45.5 Å². The zero-order valence-electron chi connectivity index (χ0n) is 11.7. The first kappa shape index (κ1) is 15.0. The second kappa shape index (κ2) is 7.38. The molecule has 0 spiro atoms. The minimum absolute atomic E-state index is 0.0890. The van der Waals surface area contributed by atoms with Crippen molar-refractivity contribution in [3.8, 4) is 0 Å². The maximum absolute atomic E-state index is 11.7. The summed E-state index contributed by atoms with van der Waals surface area (Å²) < 4.78 is 1.79. The number of aliphatic hydroxyl groups excluding tert-OH is 1. The van der Waals surface area contributed by atoms with Crippen molar-refractivity contribution in [1.82, 2.24) is 9.47 Å². The first-order valence-corrected chi connectivity index (χ1v) is 7.60. The van der Waals surface area contributed by atoms with E-state index in [1.54, 1.807) is 4.57 Å². The molecule has 0 bridgehead atoms. The Morgan fingerprint density at radius 1 is 1.25 bits per heavy atom. The van der Waals surface area contributed by atoms with Gasteiger partial charge in [-0.15, -0.1) is 0 Å². The van der Waals surface area contributed by atoms with Gasteiger partial charge in [0.15, 0.2) is 0 Å². The second-order valence-electron chi connectivity index (χ2n) is 4.78. The van der Waals surface area contributed by atoms with Crippen LogP contribution in [-0.4, -0.2) is 34.3 Å². The van der Waals surface area contributed by atoms with Crippen molar-refractivity contribution in [2.24, 2.45) is 0 Å². The van der Waals surface area contributed by atoms with E-state index in [4.69, 9.17) is 0 Å². The van der Waals surface area contributed by atoms with Gasteiger partial charge in [0.05, 0.1) is 6.61 Å². The fourth-order valence-electron chi connectivity index (χ4n) is 2.17. The van der Waals surface area contributed by atoms with Gasteiger partial charge in [0.1, 0.15) is 0 Å². The van der Waals surface area contributed by atoms with Crippen LogP contribution < -0.4 is 4.87 Å². The Labute approximate surface area is 122 Å². The fraction of sp³-hybridized carbons (Fsp3) is 0.400. The highest BCUT2D eigenvalue weighted by Crippen LogP contribution is 2.05. The number of rotatable bonds is 7. The fourth-order valence-corrected chi connectivity index (χ4v) is 2.93. The van der Waals surface area contributed by atoms with Crippen LogP contribution in [0.3, 0.4) is 0 Å². The first-order valence-electron chi connectivity index (χ1n) is 6.73. The minimum Gasteiger partial charge on any atom is -0.395 e. The Morgan fingerprint density at radius 2 is 2.00 bits per heavy atom. The molecule has 1 aromatic carbocycles. The standard InChI is InChI=1S/C15H20N2O2S/c1-13-12-20-15(19)17(13)8-7-16(9-10-18)11-14-5-3-2-4-6-14/h2-6,12,18H,7-11H2,1H3. The second-order valence-corrected chi connectivity index (χ2v) is 5.60. The van der Waals surface area contributed by atoms with Crippen LogP contribution in [-0.2, 0) is 13.1 Å². The molecule has 20 heavy (non-hydrogen) atoms. The number of hydrogen-bond acceptors (Lipinski definition) is 4. The molecule has 108 valence electrons. The van der Waals surface area contributed by atoms with Crippen LogP contribution >= 0.6 is 11.3 Å². The van der Waals surface area contributed by atoms with Gasteiger partial charge in [0.2, 0.25) is 0 Å². The lowest BCUT2D eigenvalue weighted by Crippen LogP contribution is -2.32. The summed E-state index contributed by atoms with van der Waals surface area (Å²) in [5.41, 5.74) is 2.22. The van der Waals surface area contributed by atoms with E-state index < -0.39 is 0 Å². The number of thiazole rings is 1. The predicted molar refractivity (Wildman–Crippen MR) is 82.1 cm³/mol. The van der Waals surface area contributed by atoms with Crippen LogP contribution in [0.25, 0.3) is 0 Å². The molecule has 5 heteroatoms. The van der Waals surface area contributed by atoms with E-state index in [2.05, 4.69) is 17.0 Å². The normalized spacial score (nSPS) is 11.2. The summed E-state index contributed by atoms with van der Waals surface area (Å²) in [4.78, 5) is 13.9. The van der Waals surface area contributed by atoms with Crippen LogP contribution in [0.5, 0.6) is 0 Å². The molecule has 1 aromatic heterocycles. The zero-order chi connectivity index (χ0) is 14.4. The van der Waals surface area contributed by atoms with Gasteiger partial charge < -0.3 is 9.67 Å². The molecule has 0 aliphatic heterocycles. The van der Waals surface area contributed by atoms with Crippen LogP contribution in [0.1, 0.15) is 11.3 Å². The molecule has 2 aromatic rings. The van der Waals surface area contributed by atoms with Crippen molar-refractivity contribution in [3.05, 3.63) is 56.6 Å². The Morgan fingerprint density at radius 3 is 2.60 bits per heavy atom. The van der Waals surface area contributed by atoms with Gasteiger partial charge in [-0.2, -0.15) is 0 Å². The molecular formula is C15H20N2O2S. The molecule has 0 saturated heterocycles. The van der Waals surface area contributed by atoms with E-state index in [-0.39, 0.29) is 11.5 Å². The molecular weight excluding hydrogens is 272 g/mol. The van der Waals surface area contributed by atoms with Crippen molar-refractivity contribution in [2.75, 3.05) is 19.7 Å². The van der Waals surface area contributed by atoms with Crippen molar-refractivity contribution in [2.45, 2.75) is 20.0 Å². The highest BCUT2D eigenvalue weighted by Gasteiger charge is 2.08. The molecule has 0 amide bonds. The van der Waals surface area contributed by atoms with Crippen molar-refractivity contribution in [3.63, 3.8) is 0 Å². The van der Waals surface area contributed by atoms with Crippen molar-refractivity contribution < 1.29 is 5.11 Å². The summed E-state index contributed by atoms with van der Waals surface area (Å²) in [5, 5.41) is 11.1. The van der Waals surface area contributed by atoms with E-state index in [0.717, 1.165) is 18.8 Å². The average Bonchev–Trinajstić information content (AvgIpc) is 2.77. The molecule has 4 nitrogen and oxygen atoms in total. The molecule has 0 atom stereocenters. The van der Waals surface area contributed by atoms with Crippen LogP contribution in [0, 0.1) is 6.92 Å². The maximum Gasteiger partial charge on any atom is 0.307 e. The third-order valence-electron chi connectivity index (χ3n) is 3.28. The third kappa shape index (κ3) is 4.03. The molecule has 0 aliphatic carbocycles. The highest BCUT2D eigenvalue weighted by molar-refractivity contribution is 7.07. The van der Waals surface area contributed by atoms with Crippen molar-refractivity contribution >= 4 is 11.3 Å². The predicted octanol–water partition coefficient (Wildman–Crippen LogP) is 1.71. The summed E-state index contributed by atoms with van der Waals surface area (Å²) in [5.74, 6) is 0. The van der Waals surface area contributed by atoms with E-state index in [1.165, 1.54) is 16.9 Å². The summed E-state index contributed by atoms with van der Waals surface area (Å²) in [6.45, 7) is 4.91. The van der Waals surface area contributed by atoms with E-state index >= 15 is 0 Å². The average molecular weight is 292 g/mol. The molecule has 0 unspecified atom stereocenters. The number of nitrogens with zero attached hydrogens (tertiary/aromatic N) is 2.